The molecule has 1 saturated heterocycles. The second kappa shape index (κ2) is 5.00. The summed E-state index contributed by atoms with van der Waals surface area (Å²) in [4.78, 5) is 6.13. The zero-order valence-electron chi connectivity index (χ0n) is 9.07. The monoisotopic (exact) mass is 294 g/mol. The van der Waals surface area contributed by atoms with Gasteiger partial charge in [-0.15, -0.1) is 11.6 Å². The van der Waals surface area contributed by atoms with Gasteiger partial charge in [-0.2, -0.15) is 0 Å². The Morgan fingerprint density at radius 2 is 2.00 bits per heavy atom. The fraction of sp³-hybridized carbons (Fsp3) is 0.500. The summed E-state index contributed by atoms with van der Waals surface area (Å²) in [5.41, 5.74) is 0.852. The third-order valence-corrected chi connectivity index (χ3v) is 4.87. The molecule has 0 aromatic carbocycles. The van der Waals surface area contributed by atoms with Gasteiger partial charge in [-0.25, -0.2) is 13.4 Å². The molecule has 1 aromatic rings. The van der Waals surface area contributed by atoms with Gasteiger partial charge in [-0.05, 0) is 11.6 Å². The Labute approximate surface area is 110 Å². The highest BCUT2D eigenvalue weighted by Gasteiger charge is 2.23. The van der Waals surface area contributed by atoms with Gasteiger partial charge in [0.25, 0.3) is 0 Å². The molecule has 7 heteroatoms. The quantitative estimate of drug-likeness (QED) is 0.779. The van der Waals surface area contributed by atoms with Gasteiger partial charge in [0, 0.05) is 25.2 Å². The fourth-order valence-electron chi connectivity index (χ4n) is 1.70. The lowest BCUT2D eigenvalue weighted by atomic mass is 10.3. The van der Waals surface area contributed by atoms with E-state index in [1.54, 1.807) is 12.3 Å². The first-order valence-corrected chi connectivity index (χ1v) is 7.91. The molecule has 94 valence electrons. The molecule has 2 heterocycles. The normalized spacial score (nSPS) is 19.3. The molecule has 0 spiro atoms. The lowest BCUT2D eigenvalue weighted by Gasteiger charge is -2.28. The SMILES string of the molecule is O=S1(=O)CCN(c2ncc(CCl)cc2Cl)CC1. The van der Waals surface area contributed by atoms with Crippen molar-refractivity contribution in [1.29, 1.82) is 0 Å². The smallest absolute Gasteiger partial charge is 0.153 e. The number of hydrogen-bond acceptors (Lipinski definition) is 4. The Hall–Kier alpha value is -0.520. The highest BCUT2D eigenvalue weighted by Crippen LogP contribution is 2.25. The zero-order chi connectivity index (χ0) is 12.5. The summed E-state index contributed by atoms with van der Waals surface area (Å²) in [5, 5.41) is 0.516. The Balaban J connectivity index is 2.19. The van der Waals surface area contributed by atoms with Crippen LogP contribution in [-0.2, 0) is 15.7 Å². The molecular weight excluding hydrogens is 283 g/mol. The standard InChI is InChI=1S/C10H12Cl2N2O2S/c11-6-8-5-9(12)10(13-7-8)14-1-3-17(15,16)4-2-14/h5,7H,1-4,6H2. The third-order valence-electron chi connectivity index (χ3n) is 2.68. The maximum atomic E-state index is 11.3. The van der Waals surface area contributed by atoms with Crippen LogP contribution in [0.15, 0.2) is 12.3 Å². The van der Waals surface area contributed by atoms with Crippen LogP contribution in [0.25, 0.3) is 0 Å². The predicted octanol–water partition coefficient (Wildman–Crippen LogP) is 1.71. The molecule has 0 bridgehead atoms. The minimum absolute atomic E-state index is 0.155. The molecule has 0 radical (unpaired) electrons. The van der Waals surface area contributed by atoms with Crippen LogP contribution >= 0.6 is 23.2 Å². The number of halogens is 2. The van der Waals surface area contributed by atoms with Crippen molar-refractivity contribution in [3.63, 3.8) is 0 Å². The van der Waals surface area contributed by atoms with Crippen molar-refractivity contribution in [2.45, 2.75) is 5.88 Å². The molecule has 1 aliphatic rings. The Morgan fingerprint density at radius 3 is 2.53 bits per heavy atom. The van der Waals surface area contributed by atoms with E-state index >= 15 is 0 Å². The molecule has 17 heavy (non-hydrogen) atoms. The number of alkyl halides is 1. The summed E-state index contributed by atoms with van der Waals surface area (Å²) in [5.74, 6) is 1.31. The molecule has 0 atom stereocenters. The number of nitrogens with zero attached hydrogens (tertiary/aromatic N) is 2. The molecule has 0 N–H and O–H groups in total. The van der Waals surface area contributed by atoms with Crippen molar-refractivity contribution in [3.05, 3.63) is 22.8 Å². The first-order chi connectivity index (χ1) is 8.02. The lowest BCUT2D eigenvalue weighted by Crippen LogP contribution is -2.40. The Kier molecular flexibility index (Phi) is 3.80. The third kappa shape index (κ3) is 3.03. The predicted molar refractivity (Wildman–Crippen MR) is 69.7 cm³/mol. The van der Waals surface area contributed by atoms with Crippen LogP contribution in [0, 0.1) is 0 Å². The van der Waals surface area contributed by atoms with Gasteiger partial charge in [0.05, 0.1) is 16.5 Å². The summed E-state index contributed by atoms with van der Waals surface area (Å²) in [6.07, 6.45) is 1.66. The van der Waals surface area contributed by atoms with Crippen LogP contribution in [0.2, 0.25) is 5.02 Å². The molecular formula is C10H12Cl2N2O2S. The highest BCUT2D eigenvalue weighted by molar-refractivity contribution is 7.91. The summed E-state index contributed by atoms with van der Waals surface area (Å²) < 4.78 is 22.6. The van der Waals surface area contributed by atoms with Crippen LogP contribution in [0.3, 0.4) is 0 Å². The van der Waals surface area contributed by atoms with Crippen molar-refractivity contribution in [3.8, 4) is 0 Å². The number of rotatable bonds is 2. The number of aromatic nitrogens is 1. The average molecular weight is 295 g/mol. The van der Waals surface area contributed by atoms with Crippen LogP contribution < -0.4 is 4.90 Å². The number of sulfone groups is 1. The van der Waals surface area contributed by atoms with Crippen molar-refractivity contribution in [1.82, 2.24) is 4.98 Å². The maximum Gasteiger partial charge on any atom is 0.153 e. The van der Waals surface area contributed by atoms with E-state index in [4.69, 9.17) is 23.2 Å². The van der Waals surface area contributed by atoms with Gasteiger partial charge in [-0.3, -0.25) is 0 Å². The van der Waals surface area contributed by atoms with E-state index in [1.807, 2.05) is 4.90 Å². The molecule has 4 nitrogen and oxygen atoms in total. The van der Waals surface area contributed by atoms with Gasteiger partial charge in [0.2, 0.25) is 0 Å². The van der Waals surface area contributed by atoms with Gasteiger partial charge >= 0.3 is 0 Å². The lowest BCUT2D eigenvalue weighted by molar-refractivity contribution is 0.586. The highest BCUT2D eigenvalue weighted by atomic mass is 35.5. The molecule has 0 unspecified atom stereocenters. The summed E-state index contributed by atoms with van der Waals surface area (Å²) in [6, 6.07) is 1.76. The minimum Gasteiger partial charge on any atom is -0.353 e. The largest absolute Gasteiger partial charge is 0.353 e. The van der Waals surface area contributed by atoms with E-state index in [0.29, 0.717) is 29.8 Å². The van der Waals surface area contributed by atoms with E-state index in [-0.39, 0.29) is 11.5 Å². The first kappa shape index (κ1) is 12.9. The van der Waals surface area contributed by atoms with Crippen molar-refractivity contribution >= 4 is 38.9 Å². The summed E-state index contributed by atoms with van der Waals surface area (Å²) >= 11 is 11.8. The van der Waals surface area contributed by atoms with Crippen LogP contribution in [0.5, 0.6) is 0 Å². The molecule has 0 amide bonds. The Bertz CT molecular complexity index is 505. The fourth-order valence-corrected chi connectivity index (χ4v) is 3.36. The van der Waals surface area contributed by atoms with Crippen molar-refractivity contribution < 1.29 is 8.42 Å². The number of anilines is 1. The molecule has 1 aliphatic heterocycles. The molecule has 1 aromatic heterocycles. The van der Waals surface area contributed by atoms with E-state index in [1.165, 1.54) is 0 Å². The zero-order valence-corrected chi connectivity index (χ0v) is 11.4. The van der Waals surface area contributed by atoms with E-state index < -0.39 is 9.84 Å². The second-order valence-corrected chi connectivity index (χ2v) is 6.90. The summed E-state index contributed by atoms with van der Waals surface area (Å²) in [7, 11) is -2.88. The first-order valence-electron chi connectivity index (χ1n) is 5.17. The second-order valence-electron chi connectivity index (χ2n) is 3.92. The van der Waals surface area contributed by atoms with Gasteiger partial charge < -0.3 is 4.90 Å². The van der Waals surface area contributed by atoms with Crippen LogP contribution in [-0.4, -0.2) is 38.0 Å². The van der Waals surface area contributed by atoms with Crippen molar-refractivity contribution in [2.75, 3.05) is 29.5 Å². The van der Waals surface area contributed by atoms with Gasteiger partial charge in [0.1, 0.15) is 5.82 Å². The molecule has 1 fully saturated rings. The van der Waals surface area contributed by atoms with Crippen LogP contribution in [0.4, 0.5) is 5.82 Å². The molecule has 2 rings (SSSR count). The maximum absolute atomic E-state index is 11.3. The van der Waals surface area contributed by atoms with Crippen molar-refractivity contribution in [2.24, 2.45) is 0 Å². The van der Waals surface area contributed by atoms with Crippen LogP contribution in [0.1, 0.15) is 5.56 Å². The summed E-state index contributed by atoms with van der Waals surface area (Å²) in [6.45, 7) is 0.880. The number of hydrogen-bond donors (Lipinski definition) is 0. The van der Waals surface area contributed by atoms with E-state index in [2.05, 4.69) is 4.98 Å². The topological polar surface area (TPSA) is 50.3 Å². The minimum atomic E-state index is -2.88. The van der Waals surface area contributed by atoms with Gasteiger partial charge in [-0.1, -0.05) is 11.6 Å². The Morgan fingerprint density at radius 1 is 1.35 bits per heavy atom. The van der Waals surface area contributed by atoms with Gasteiger partial charge in [0.15, 0.2) is 9.84 Å². The van der Waals surface area contributed by atoms with E-state index in [0.717, 1.165) is 5.56 Å². The number of pyridine rings is 1. The molecule has 0 saturated carbocycles. The van der Waals surface area contributed by atoms with E-state index in [9.17, 15) is 8.42 Å². The average Bonchev–Trinajstić information content (AvgIpc) is 2.29. The molecule has 0 aliphatic carbocycles.